The maximum atomic E-state index is 11.5. The van der Waals surface area contributed by atoms with Gasteiger partial charge >= 0.3 is 5.97 Å². The van der Waals surface area contributed by atoms with Crippen molar-refractivity contribution in [3.05, 3.63) is 24.3 Å². The number of nitrogens with zero attached hydrogens (tertiary/aromatic N) is 3. The van der Waals surface area contributed by atoms with Crippen LogP contribution in [0.2, 0.25) is 0 Å². The van der Waals surface area contributed by atoms with Crippen molar-refractivity contribution < 1.29 is 19.2 Å². The van der Waals surface area contributed by atoms with Crippen LogP contribution >= 0.6 is 11.8 Å². The van der Waals surface area contributed by atoms with Crippen LogP contribution in [0.15, 0.2) is 18.6 Å². The number of imide groups is 1. The van der Waals surface area contributed by atoms with Crippen molar-refractivity contribution in [3.8, 4) is 0 Å². The zero-order valence-corrected chi connectivity index (χ0v) is 11.5. The fraction of sp³-hybridized carbons (Fsp3) is 0.417. The lowest BCUT2D eigenvalue weighted by atomic mass is 10.4. The van der Waals surface area contributed by atoms with E-state index in [2.05, 4.69) is 9.97 Å². The fourth-order valence-corrected chi connectivity index (χ4v) is 2.29. The van der Waals surface area contributed by atoms with Gasteiger partial charge in [0, 0.05) is 37.9 Å². The summed E-state index contributed by atoms with van der Waals surface area (Å²) < 4.78 is 0. The van der Waals surface area contributed by atoms with Crippen LogP contribution < -0.4 is 0 Å². The minimum atomic E-state index is -0.599. The highest BCUT2D eigenvalue weighted by atomic mass is 32.2. The number of hydrogen-bond acceptors (Lipinski definition) is 7. The summed E-state index contributed by atoms with van der Waals surface area (Å²) in [5, 5.41) is 0.561. The lowest BCUT2D eigenvalue weighted by Crippen LogP contribution is -2.32. The summed E-state index contributed by atoms with van der Waals surface area (Å²) in [7, 11) is 0. The topological polar surface area (TPSA) is 89.5 Å². The first-order valence-electron chi connectivity index (χ1n) is 6.06. The van der Waals surface area contributed by atoms with Gasteiger partial charge < -0.3 is 4.84 Å². The Morgan fingerprint density at radius 1 is 1.30 bits per heavy atom. The predicted molar refractivity (Wildman–Crippen MR) is 70.2 cm³/mol. The number of hydrogen-bond donors (Lipinski definition) is 0. The first kappa shape index (κ1) is 14.4. The molecule has 1 fully saturated rings. The maximum Gasteiger partial charge on any atom is 0.342 e. The number of carbonyl (C=O) groups excluding carboxylic acids is 3. The molecule has 0 bridgehead atoms. The molecule has 0 spiro atoms. The lowest BCUT2D eigenvalue weighted by molar-refractivity contribution is -0.195. The molecule has 2 heterocycles. The first-order valence-corrected chi connectivity index (χ1v) is 7.21. The van der Waals surface area contributed by atoms with Crippen LogP contribution in [0.5, 0.6) is 0 Å². The van der Waals surface area contributed by atoms with Crippen LogP contribution in [-0.2, 0) is 25.6 Å². The molecule has 1 aliphatic rings. The van der Waals surface area contributed by atoms with Crippen molar-refractivity contribution in [3.63, 3.8) is 0 Å². The summed E-state index contributed by atoms with van der Waals surface area (Å²) in [6.45, 7) is 0. The van der Waals surface area contributed by atoms with Gasteiger partial charge in [0.25, 0.3) is 11.8 Å². The van der Waals surface area contributed by atoms with E-state index in [9.17, 15) is 14.4 Å². The zero-order chi connectivity index (χ0) is 14.4. The average Bonchev–Trinajstić information content (AvgIpc) is 2.77. The van der Waals surface area contributed by atoms with Gasteiger partial charge in [0.1, 0.15) is 0 Å². The number of amides is 2. The highest BCUT2D eigenvalue weighted by Gasteiger charge is 2.32. The molecule has 1 aromatic rings. The Morgan fingerprint density at radius 3 is 2.70 bits per heavy atom. The molecule has 2 rings (SSSR count). The monoisotopic (exact) mass is 295 g/mol. The van der Waals surface area contributed by atoms with Gasteiger partial charge in [-0.3, -0.25) is 19.6 Å². The molecule has 106 valence electrons. The molecule has 20 heavy (non-hydrogen) atoms. The second kappa shape index (κ2) is 6.99. The van der Waals surface area contributed by atoms with Gasteiger partial charge in [-0.2, -0.15) is 0 Å². The van der Waals surface area contributed by atoms with Crippen LogP contribution in [0, 0.1) is 0 Å². The van der Waals surface area contributed by atoms with Gasteiger partial charge in [-0.15, -0.1) is 16.8 Å². The Kier molecular flexibility index (Phi) is 5.05. The van der Waals surface area contributed by atoms with Crippen LogP contribution in [-0.4, -0.2) is 44.3 Å². The van der Waals surface area contributed by atoms with E-state index in [-0.39, 0.29) is 18.6 Å². The summed E-state index contributed by atoms with van der Waals surface area (Å²) in [5.41, 5.74) is 0.846. The summed E-state index contributed by atoms with van der Waals surface area (Å²) in [4.78, 5) is 46.7. The standard InChI is InChI=1S/C12H13N3O4S/c16-10-1-2-11(17)15(10)19-12(18)8-20-6-3-9-7-13-4-5-14-9/h4-5,7H,1-3,6,8H2. The fourth-order valence-electron chi connectivity index (χ4n) is 1.58. The zero-order valence-electron chi connectivity index (χ0n) is 10.7. The quantitative estimate of drug-likeness (QED) is 0.553. The van der Waals surface area contributed by atoms with Crippen LogP contribution in [0.25, 0.3) is 0 Å². The SMILES string of the molecule is O=C(CSCCc1cnccn1)ON1C(=O)CCC1=O. The highest BCUT2D eigenvalue weighted by Crippen LogP contribution is 2.13. The van der Waals surface area contributed by atoms with E-state index >= 15 is 0 Å². The second-order valence-electron chi connectivity index (χ2n) is 4.04. The number of rotatable bonds is 6. The third-order valence-corrected chi connectivity index (χ3v) is 3.47. The molecular formula is C12H13N3O4S. The Bertz CT molecular complexity index is 493. The molecular weight excluding hydrogens is 282 g/mol. The summed E-state index contributed by atoms with van der Waals surface area (Å²) in [5.74, 6) is -0.772. The average molecular weight is 295 g/mol. The van der Waals surface area contributed by atoms with E-state index in [4.69, 9.17) is 4.84 Å². The molecule has 0 N–H and O–H groups in total. The minimum absolute atomic E-state index is 0.0807. The molecule has 1 saturated heterocycles. The first-order chi connectivity index (χ1) is 9.66. The molecule has 1 aromatic heterocycles. The molecule has 0 aliphatic carbocycles. The van der Waals surface area contributed by atoms with E-state index in [0.717, 1.165) is 5.69 Å². The summed E-state index contributed by atoms with van der Waals surface area (Å²) in [6, 6.07) is 0. The Balaban J connectivity index is 1.65. The molecule has 8 heteroatoms. The Morgan fingerprint density at radius 2 is 2.05 bits per heavy atom. The Labute approximate surface area is 119 Å². The van der Waals surface area contributed by atoms with Gasteiger partial charge in [0.05, 0.1) is 11.4 Å². The van der Waals surface area contributed by atoms with Crippen molar-refractivity contribution in [2.75, 3.05) is 11.5 Å². The lowest BCUT2D eigenvalue weighted by Gasteiger charge is -2.12. The molecule has 1 aliphatic heterocycles. The molecule has 2 amide bonds. The summed E-state index contributed by atoms with van der Waals surface area (Å²) in [6.07, 6.45) is 5.77. The van der Waals surface area contributed by atoms with Gasteiger partial charge in [-0.05, 0) is 5.75 Å². The van der Waals surface area contributed by atoms with E-state index in [1.165, 1.54) is 11.8 Å². The van der Waals surface area contributed by atoms with Gasteiger partial charge in [-0.25, -0.2) is 4.79 Å². The van der Waals surface area contributed by atoms with E-state index < -0.39 is 17.8 Å². The normalized spacial score (nSPS) is 14.7. The van der Waals surface area contributed by atoms with Gasteiger partial charge in [0.15, 0.2) is 0 Å². The smallest absolute Gasteiger partial charge is 0.329 e. The number of carbonyl (C=O) groups is 3. The van der Waals surface area contributed by atoms with Crippen LogP contribution in [0.4, 0.5) is 0 Å². The largest absolute Gasteiger partial charge is 0.342 e. The number of aryl methyl sites for hydroxylation is 1. The molecule has 0 atom stereocenters. The minimum Gasteiger partial charge on any atom is -0.329 e. The maximum absolute atomic E-state index is 11.5. The van der Waals surface area contributed by atoms with Crippen molar-refractivity contribution in [2.24, 2.45) is 0 Å². The molecule has 0 unspecified atom stereocenters. The second-order valence-corrected chi connectivity index (χ2v) is 5.15. The molecule has 0 saturated carbocycles. The number of thioether (sulfide) groups is 1. The van der Waals surface area contributed by atoms with Crippen LogP contribution in [0.3, 0.4) is 0 Å². The Hall–Kier alpha value is -1.96. The molecule has 0 radical (unpaired) electrons. The van der Waals surface area contributed by atoms with Crippen molar-refractivity contribution in [1.82, 2.24) is 15.0 Å². The summed E-state index contributed by atoms with van der Waals surface area (Å²) >= 11 is 1.35. The van der Waals surface area contributed by atoms with Crippen molar-refractivity contribution in [1.29, 1.82) is 0 Å². The number of hydroxylamine groups is 2. The molecule has 0 aromatic carbocycles. The van der Waals surface area contributed by atoms with Crippen molar-refractivity contribution in [2.45, 2.75) is 19.3 Å². The third kappa shape index (κ3) is 4.02. The third-order valence-electron chi connectivity index (χ3n) is 2.54. The van der Waals surface area contributed by atoms with Crippen LogP contribution in [0.1, 0.15) is 18.5 Å². The van der Waals surface area contributed by atoms with E-state index in [1.54, 1.807) is 18.6 Å². The molecule has 7 nitrogen and oxygen atoms in total. The van der Waals surface area contributed by atoms with E-state index in [1.807, 2.05) is 0 Å². The highest BCUT2D eigenvalue weighted by molar-refractivity contribution is 7.99. The van der Waals surface area contributed by atoms with Crippen molar-refractivity contribution >= 4 is 29.5 Å². The number of aromatic nitrogens is 2. The van der Waals surface area contributed by atoms with Gasteiger partial charge in [-0.1, -0.05) is 0 Å². The predicted octanol–water partition coefficient (Wildman–Crippen LogP) is 0.359. The van der Waals surface area contributed by atoms with E-state index in [0.29, 0.717) is 17.2 Å². The van der Waals surface area contributed by atoms with Gasteiger partial charge in [0.2, 0.25) is 0 Å².